The van der Waals surface area contributed by atoms with Gasteiger partial charge < -0.3 is 4.74 Å². The predicted octanol–water partition coefficient (Wildman–Crippen LogP) is 0.911. The van der Waals surface area contributed by atoms with E-state index in [1.807, 2.05) is 0 Å². The molecule has 1 aromatic rings. The summed E-state index contributed by atoms with van der Waals surface area (Å²) in [7, 11) is 1.49. The molecule has 0 atom stereocenters. The summed E-state index contributed by atoms with van der Waals surface area (Å²) in [4.78, 5) is 14.9. The molecule has 0 radical (unpaired) electrons. The van der Waals surface area contributed by atoms with E-state index in [1.54, 1.807) is 24.4 Å². The largest absolute Gasteiger partial charge is 0.376 e. The van der Waals surface area contributed by atoms with E-state index in [2.05, 4.69) is 9.72 Å². The van der Waals surface area contributed by atoms with Crippen molar-refractivity contribution in [1.82, 2.24) is 4.98 Å². The second-order valence-corrected chi connectivity index (χ2v) is 2.07. The number of methoxy groups -OCH3 is 1. The first-order valence-corrected chi connectivity index (χ1v) is 3.28. The zero-order valence-electron chi connectivity index (χ0n) is 6.28. The third kappa shape index (κ3) is 2.13. The molecule has 1 aromatic heterocycles. The molecule has 0 amide bonds. The quantitative estimate of drug-likeness (QED) is 0.603. The molecule has 11 heavy (non-hydrogen) atoms. The number of Topliss-reactive ketones (excluding diaryl/α,β-unsaturated/α-hetero) is 1. The molecule has 0 bridgehead atoms. The lowest BCUT2D eigenvalue weighted by Gasteiger charge is -1.96. The van der Waals surface area contributed by atoms with Crippen LogP contribution in [-0.2, 0) is 4.74 Å². The van der Waals surface area contributed by atoms with Crippen LogP contribution in [0.1, 0.15) is 10.5 Å². The number of carbonyl (C=O) groups excluding carboxylic acids is 1. The highest BCUT2D eigenvalue weighted by Gasteiger charge is 2.03. The molecule has 1 rings (SSSR count). The lowest BCUT2D eigenvalue weighted by atomic mass is 10.3. The Morgan fingerprint density at radius 3 is 3.00 bits per heavy atom. The van der Waals surface area contributed by atoms with Crippen molar-refractivity contribution in [2.45, 2.75) is 0 Å². The van der Waals surface area contributed by atoms with Crippen LogP contribution in [0.25, 0.3) is 0 Å². The summed E-state index contributed by atoms with van der Waals surface area (Å²) < 4.78 is 4.67. The van der Waals surface area contributed by atoms with Crippen molar-refractivity contribution >= 4 is 5.78 Å². The van der Waals surface area contributed by atoms with E-state index >= 15 is 0 Å². The van der Waals surface area contributed by atoms with Crippen LogP contribution in [0, 0.1) is 0 Å². The van der Waals surface area contributed by atoms with Crippen LogP contribution in [0.2, 0.25) is 0 Å². The van der Waals surface area contributed by atoms with Crippen LogP contribution in [-0.4, -0.2) is 24.5 Å². The van der Waals surface area contributed by atoms with Crippen molar-refractivity contribution in [3.05, 3.63) is 30.1 Å². The molecule has 3 nitrogen and oxygen atoms in total. The second-order valence-electron chi connectivity index (χ2n) is 2.07. The lowest BCUT2D eigenvalue weighted by Crippen LogP contribution is -2.08. The minimum Gasteiger partial charge on any atom is -0.376 e. The maximum Gasteiger partial charge on any atom is 0.206 e. The molecule has 0 fully saturated rings. The Hall–Kier alpha value is -1.22. The van der Waals surface area contributed by atoms with Gasteiger partial charge in [0.25, 0.3) is 0 Å². The summed E-state index contributed by atoms with van der Waals surface area (Å²) in [6, 6.07) is 5.21. The minimum absolute atomic E-state index is 0.0897. The second kappa shape index (κ2) is 3.83. The fourth-order valence-electron chi connectivity index (χ4n) is 0.733. The van der Waals surface area contributed by atoms with E-state index in [1.165, 1.54) is 7.11 Å². The summed E-state index contributed by atoms with van der Waals surface area (Å²) in [5.41, 5.74) is 0.453. The number of ether oxygens (including phenoxy) is 1. The molecule has 0 aromatic carbocycles. The molecule has 58 valence electrons. The van der Waals surface area contributed by atoms with Crippen LogP contribution in [0.3, 0.4) is 0 Å². The van der Waals surface area contributed by atoms with Gasteiger partial charge in [0.05, 0.1) is 0 Å². The molecular weight excluding hydrogens is 142 g/mol. The van der Waals surface area contributed by atoms with Gasteiger partial charge in [0.2, 0.25) is 5.78 Å². The van der Waals surface area contributed by atoms with Gasteiger partial charge in [0, 0.05) is 13.3 Å². The van der Waals surface area contributed by atoms with Crippen LogP contribution >= 0.6 is 0 Å². The topological polar surface area (TPSA) is 39.2 Å². The maximum absolute atomic E-state index is 11.1. The highest BCUT2D eigenvalue weighted by molar-refractivity contribution is 5.95. The van der Waals surface area contributed by atoms with E-state index in [-0.39, 0.29) is 12.4 Å². The Labute approximate surface area is 65.0 Å². The van der Waals surface area contributed by atoms with Gasteiger partial charge in [-0.1, -0.05) is 6.07 Å². The van der Waals surface area contributed by atoms with Crippen molar-refractivity contribution < 1.29 is 9.53 Å². The fourth-order valence-corrected chi connectivity index (χ4v) is 0.733. The molecule has 0 aliphatic heterocycles. The first-order chi connectivity index (χ1) is 5.34. The Morgan fingerprint density at radius 1 is 1.64 bits per heavy atom. The Bertz CT molecular complexity index is 233. The third-order valence-electron chi connectivity index (χ3n) is 1.23. The zero-order valence-corrected chi connectivity index (χ0v) is 6.28. The molecule has 0 N–H and O–H groups in total. The number of hydrogen-bond acceptors (Lipinski definition) is 3. The van der Waals surface area contributed by atoms with Gasteiger partial charge in [-0.05, 0) is 12.1 Å². The van der Waals surface area contributed by atoms with Gasteiger partial charge in [-0.3, -0.25) is 9.78 Å². The SMILES string of the molecule is COCC(=O)c1ccccn1. The first kappa shape index (κ1) is 7.88. The summed E-state index contributed by atoms with van der Waals surface area (Å²) >= 11 is 0. The van der Waals surface area contributed by atoms with E-state index < -0.39 is 0 Å². The third-order valence-corrected chi connectivity index (χ3v) is 1.23. The summed E-state index contributed by atoms with van der Waals surface area (Å²) in [5, 5.41) is 0. The lowest BCUT2D eigenvalue weighted by molar-refractivity contribution is 0.0843. The number of ketones is 1. The highest BCUT2D eigenvalue weighted by Crippen LogP contribution is 1.94. The van der Waals surface area contributed by atoms with Crippen LogP contribution in [0.15, 0.2) is 24.4 Å². The molecular formula is C8H9NO2. The molecule has 1 heterocycles. The zero-order chi connectivity index (χ0) is 8.10. The predicted molar refractivity (Wildman–Crippen MR) is 40.4 cm³/mol. The van der Waals surface area contributed by atoms with Crippen molar-refractivity contribution in [2.75, 3.05) is 13.7 Å². The van der Waals surface area contributed by atoms with Crippen LogP contribution in [0.4, 0.5) is 0 Å². The summed E-state index contributed by atoms with van der Waals surface area (Å²) in [6.07, 6.45) is 1.59. The number of pyridine rings is 1. The van der Waals surface area contributed by atoms with E-state index in [0.29, 0.717) is 5.69 Å². The van der Waals surface area contributed by atoms with Gasteiger partial charge >= 0.3 is 0 Å². The van der Waals surface area contributed by atoms with Crippen molar-refractivity contribution in [3.8, 4) is 0 Å². The van der Waals surface area contributed by atoms with Gasteiger partial charge in [0.1, 0.15) is 12.3 Å². The molecule has 0 spiro atoms. The van der Waals surface area contributed by atoms with E-state index in [4.69, 9.17) is 0 Å². The molecule has 0 saturated heterocycles. The Kier molecular flexibility index (Phi) is 2.74. The molecule has 0 aliphatic carbocycles. The average Bonchev–Trinajstić information content (AvgIpc) is 2.07. The monoisotopic (exact) mass is 151 g/mol. The van der Waals surface area contributed by atoms with Gasteiger partial charge in [-0.15, -0.1) is 0 Å². The Balaban J connectivity index is 2.69. The smallest absolute Gasteiger partial charge is 0.206 e. The summed E-state index contributed by atoms with van der Waals surface area (Å²) in [5.74, 6) is -0.0897. The van der Waals surface area contributed by atoms with Gasteiger partial charge in [-0.2, -0.15) is 0 Å². The Morgan fingerprint density at radius 2 is 2.45 bits per heavy atom. The van der Waals surface area contributed by atoms with E-state index in [0.717, 1.165) is 0 Å². The summed E-state index contributed by atoms with van der Waals surface area (Å²) in [6.45, 7) is 0.0943. The maximum atomic E-state index is 11.1. The normalized spacial score (nSPS) is 9.55. The number of rotatable bonds is 3. The van der Waals surface area contributed by atoms with Crippen molar-refractivity contribution in [1.29, 1.82) is 0 Å². The number of aromatic nitrogens is 1. The van der Waals surface area contributed by atoms with Gasteiger partial charge in [-0.25, -0.2) is 0 Å². The molecule has 0 unspecified atom stereocenters. The van der Waals surface area contributed by atoms with E-state index in [9.17, 15) is 4.79 Å². The average molecular weight is 151 g/mol. The highest BCUT2D eigenvalue weighted by atomic mass is 16.5. The first-order valence-electron chi connectivity index (χ1n) is 3.28. The van der Waals surface area contributed by atoms with Crippen LogP contribution in [0.5, 0.6) is 0 Å². The molecule has 0 saturated carbocycles. The van der Waals surface area contributed by atoms with Gasteiger partial charge in [0.15, 0.2) is 0 Å². The number of hydrogen-bond donors (Lipinski definition) is 0. The van der Waals surface area contributed by atoms with Crippen molar-refractivity contribution in [3.63, 3.8) is 0 Å². The molecule has 3 heteroatoms. The number of carbonyl (C=O) groups is 1. The van der Waals surface area contributed by atoms with Crippen LogP contribution < -0.4 is 0 Å². The van der Waals surface area contributed by atoms with Crippen molar-refractivity contribution in [2.24, 2.45) is 0 Å². The fraction of sp³-hybridized carbons (Fsp3) is 0.250. The molecule has 0 aliphatic rings. The number of nitrogens with zero attached hydrogens (tertiary/aromatic N) is 1. The standard InChI is InChI=1S/C8H9NO2/c1-11-6-8(10)7-4-2-3-5-9-7/h2-5H,6H2,1H3. The minimum atomic E-state index is -0.0897.